The third-order valence-corrected chi connectivity index (χ3v) is 9.95. The molecule has 0 aliphatic carbocycles. The third-order valence-electron chi connectivity index (χ3n) is 9.95. The van der Waals surface area contributed by atoms with E-state index in [-0.39, 0.29) is 68.5 Å². The number of nitriles is 1. The highest BCUT2D eigenvalue weighted by Gasteiger charge is 2.49. The predicted octanol–water partition coefficient (Wildman–Crippen LogP) is 6.28. The summed E-state index contributed by atoms with van der Waals surface area (Å²) in [5.74, 6) is -4.40. The first kappa shape index (κ1) is 36.0. The maximum absolute atomic E-state index is 16.5. The first-order chi connectivity index (χ1) is 25.4. The van der Waals surface area contributed by atoms with E-state index < -0.39 is 69.6 Å². The smallest absolute Gasteiger partial charge is 0.417 e. The molecule has 0 bridgehead atoms. The van der Waals surface area contributed by atoms with Gasteiger partial charge in [0.25, 0.3) is 5.91 Å². The second-order valence-corrected chi connectivity index (χ2v) is 13.3. The van der Waals surface area contributed by atoms with Crippen LogP contribution in [-0.4, -0.2) is 92.7 Å². The zero-order valence-electron chi connectivity index (χ0n) is 28.0. The van der Waals surface area contributed by atoms with Gasteiger partial charge in [-0.15, -0.1) is 0 Å². The fraction of sp³-hybridized carbons (Fsp3) is 0.389. The Morgan fingerprint density at radius 3 is 2.68 bits per heavy atom. The number of rotatable bonds is 8. The maximum atomic E-state index is 16.5. The molecule has 17 heteroatoms. The van der Waals surface area contributed by atoms with Gasteiger partial charge in [-0.2, -0.15) is 28.4 Å². The number of amides is 1. The number of halogens is 7. The summed E-state index contributed by atoms with van der Waals surface area (Å²) in [6.07, 6.45) is -1.15. The molecule has 4 aromatic rings. The van der Waals surface area contributed by atoms with E-state index in [1.807, 2.05) is 11.0 Å². The lowest BCUT2D eigenvalue weighted by Gasteiger charge is -2.41. The van der Waals surface area contributed by atoms with Crippen molar-refractivity contribution < 1.29 is 40.3 Å². The van der Waals surface area contributed by atoms with Gasteiger partial charge in [0, 0.05) is 56.6 Å². The standard InChI is InChI=1S/C36H31F7N8O2/c37-21-5-6-27(36(41,42)43)25(14-21)30-29(40)31-26(17-46-30)32(48-34(47-31)53-20-35-8-3-11-50(35)18-22(38)16-35)49-12-13-51(24(19-49)7-9-44)33(52)28(39)15-23-4-1-2-10-45-23/h1-2,4-6,10,14-15,17,22,24H,3,7-8,11-13,16,18-20H2/b28-15-/t22?,24?,35-/m0/s1. The van der Waals surface area contributed by atoms with Crippen molar-refractivity contribution in [1.82, 2.24) is 29.7 Å². The highest BCUT2D eigenvalue weighted by atomic mass is 19.4. The van der Waals surface area contributed by atoms with Crippen LogP contribution in [-0.2, 0) is 11.0 Å². The molecule has 2 unspecified atom stereocenters. The normalized spacial score (nSPS) is 22.3. The molecule has 7 rings (SSSR count). The van der Waals surface area contributed by atoms with Gasteiger partial charge in [0.05, 0.1) is 40.7 Å². The third kappa shape index (κ3) is 7.07. The molecular formula is C36H31F7N8O2. The van der Waals surface area contributed by atoms with Gasteiger partial charge >= 0.3 is 12.2 Å². The lowest BCUT2D eigenvalue weighted by Crippen LogP contribution is -2.55. The fourth-order valence-corrected chi connectivity index (χ4v) is 7.51. The topological polar surface area (TPSA) is 111 Å². The molecule has 53 heavy (non-hydrogen) atoms. The van der Waals surface area contributed by atoms with Crippen molar-refractivity contribution in [3.63, 3.8) is 0 Å². The molecule has 276 valence electrons. The largest absolute Gasteiger partial charge is 0.461 e. The molecule has 1 aromatic carbocycles. The molecule has 3 fully saturated rings. The van der Waals surface area contributed by atoms with Crippen molar-refractivity contribution in [3.8, 4) is 23.3 Å². The first-order valence-electron chi connectivity index (χ1n) is 16.8. The van der Waals surface area contributed by atoms with Crippen molar-refractivity contribution in [2.24, 2.45) is 0 Å². The van der Waals surface area contributed by atoms with Crippen molar-refractivity contribution in [1.29, 1.82) is 5.26 Å². The number of ether oxygens (including phenoxy) is 1. The Balaban J connectivity index is 1.27. The number of piperazine rings is 1. The Kier molecular flexibility index (Phi) is 9.66. The summed E-state index contributed by atoms with van der Waals surface area (Å²) in [6, 6.07) is 7.18. The zero-order valence-corrected chi connectivity index (χ0v) is 28.0. The van der Waals surface area contributed by atoms with E-state index in [4.69, 9.17) is 4.74 Å². The van der Waals surface area contributed by atoms with Gasteiger partial charge in [-0.05, 0) is 49.7 Å². The molecular weight excluding hydrogens is 709 g/mol. The van der Waals surface area contributed by atoms with Crippen molar-refractivity contribution in [2.75, 3.05) is 44.2 Å². The number of fused-ring (bicyclic) bond motifs is 2. The molecule has 3 aliphatic rings. The van der Waals surface area contributed by atoms with Gasteiger partial charge in [-0.25, -0.2) is 17.6 Å². The van der Waals surface area contributed by atoms with Crippen molar-refractivity contribution >= 4 is 28.7 Å². The van der Waals surface area contributed by atoms with E-state index in [1.165, 1.54) is 17.2 Å². The summed E-state index contributed by atoms with van der Waals surface area (Å²) < 4.78 is 108. The van der Waals surface area contributed by atoms with Gasteiger partial charge in [0.1, 0.15) is 35.6 Å². The molecule has 0 spiro atoms. The molecule has 3 saturated heterocycles. The minimum Gasteiger partial charge on any atom is -0.461 e. The van der Waals surface area contributed by atoms with Gasteiger partial charge in [0.15, 0.2) is 11.6 Å². The van der Waals surface area contributed by atoms with Gasteiger partial charge in [-0.3, -0.25) is 19.7 Å². The average Bonchev–Trinajstić information content (AvgIpc) is 3.66. The number of aromatic nitrogens is 4. The quantitative estimate of drug-likeness (QED) is 0.152. The van der Waals surface area contributed by atoms with Crippen LogP contribution in [0, 0.1) is 23.0 Å². The number of nitrogens with zero attached hydrogens (tertiary/aromatic N) is 8. The second kappa shape index (κ2) is 14.2. The number of benzene rings is 1. The van der Waals surface area contributed by atoms with E-state index in [0.717, 1.165) is 18.7 Å². The number of carbonyl (C=O) groups is 1. The van der Waals surface area contributed by atoms with Crippen LogP contribution in [0.1, 0.15) is 36.9 Å². The number of alkyl halides is 4. The first-order valence-corrected chi connectivity index (χ1v) is 16.8. The Morgan fingerprint density at radius 1 is 1.09 bits per heavy atom. The van der Waals surface area contributed by atoms with E-state index in [0.29, 0.717) is 31.2 Å². The number of pyridine rings is 2. The van der Waals surface area contributed by atoms with E-state index >= 15 is 8.78 Å². The Labute approximate surface area is 298 Å². The van der Waals surface area contributed by atoms with Crippen molar-refractivity contribution in [2.45, 2.75) is 49.6 Å². The van der Waals surface area contributed by atoms with Crippen LogP contribution < -0.4 is 9.64 Å². The number of carbonyl (C=O) groups excluding carboxylic acids is 1. The molecule has 3 atom stereocenters. The zero-order chi connectivity index (χ0) is 37.5. The highest BCUT2D eigenvalue weighted by molar-refractivity contribution is 5.96. The highest BCUT2D eigenvalue weighted by Crippen LogP contribution is 2.42. The van der Waals surface area contributed by atoms with Crippen LogP contribution in [0.25, 0.3) is 28.2 Å². The Hall–Kier alpha value is -5.37. The lowest BCUT2D eigenvalue weighted by atomic mass is 9.95. The lowest BCUT2D eigenvalue weighted by molar-refractivity contribution is -0.137. The Bertz CT molecular complexity index is 2110. The average molecular weight is 741 g/mol. The van der Waals surface area contributed by atoms with Crippen LogP contribution in [0.5, 0.6) is 6.01 Å². The summed E-state index contributed by atoms with van der Waals surface area (Å²) in [7, 11) is 0. The van der Waals surface area contributed by atoms with Crippen LogP contribution in [0.4, 0.5) is 36.6 Å². The monoisotopic (exact) mass is 740 g/mol. The predicted molar refractivity (Wildman–Crippen MR) is 177 cm³/mol. The van der Waals surface area contributed by atoms with Gasteiger partial charge < -0.3 is 14.5 Å². The molecule has 0 radical (unpaired) electrons. The van der Waals surface area contributed by atoms with E-state index in [2.05, 4.69) is 19.9 Å². The van der Waals surface area contributed by atoms with Crippen LogP contribution in [0.3, 0.4) is 0 Å². The number of hydrogen-bond acceptors (Lipinski definition) is 9. The fourth-order valence-electron chi connectivity index (χ4n) is 7.51. The molecule has 0 N–H and O–H groups in total. The summed E-state index contributed by atoms with van der Waals surface area (Å²) in [5.41, 5.74) is -3.90. The van der Waals surface area contributed by atoms with Crippen molar-refractivity contribution in [3.05, 3.63) is 77.5 Å². The molecule has 1 amide bonds. The summed E-state index contributed by atoms with van der Waals surface area (Å²) in [6.45, 7) is 0.650. The minimum atomic E-state index is -4.97. The minimum absolute atomic E-state index is 0.00280. The molecule has 6 heterocycles. The van der Waals surface area contributed by atoms with E-state index in [9.17, 15) is 32.0 Å². The molecule has 10 nitrogen and oxygen atoms in total. The molecule has 0 saturated carbocycles. The number of anilines is 1. The van der Waals surface area contributed by atoms with E-state index in [1.54, 1.807) is 17.0 Å². The second-order valence-electron chi connectivity index (χ2n) is 13.3. The molecule has 3 aliphatic heterocycles. The molecule has 3 aromatic heterocycles. The van der Waals surface area contributed by atoms with Crippen LogP contribution in [0.15, 0.2) is 54.6 Å². The van der Waals surface area contributed by atoms with Crippen LogP contribution >= 0.6 is 0 Å². The summed E-state index contributed by atoms with van der Waals surface area (Å²) in [4.78, 5) is 34.8. The maximum Gasteiger partial charge on any atom is 0.417 e. The van der Waals surface area contributed by atoms with Crippen LogP contribution in [0.2, 0.25) is 0 Å². The Morgan fingerprint density at radius 2 is 1.92 bits per heavy atom. The summed E-state index contributed by atoms with van der Waals surface area (Å²) >= 11 is 0. The van der Waals surface area contributed by atoms with Gasteiger partial charge in [-0.1, -0.05) is 6.07 Å². The number of hydrogen-bond donors (Lipinski definition) is 0. The summed E-state index contributed by atoms with van der Waals surface area (Å²) in [5, 5.41) is 9.59. The van der Waals surface area contributed by atoms with Gasteiger partial charge in [0.2, 0.25) is 0 Å². The SMILES string of the molecule is N#CCC1CN(c2nc(OC[C@@]34CCCN3CC(F)C4)nc3c(F)c(-c4cc(F)ccc4C(F)(F)F)ncc23)CCN1C(=O)/C(F)=C/c1ccccn1.